The van der Waals surface area contributed by atoms with E-state index in [9.17, 15) is 4.79 Å². The lowest BCUT2D eigenvalue weighted by Gasteiger charge is -1.93. The molecular weight excluding hydrogens is 326 g/mol. The third-order valence-corrected chi connectivity index (χ3v) is 4.02. The molecule has 0 aliphatic rings. The van der Waals surface area contributed by atoms with Crippen LogP contribution in [-0.2, 0) is 11.3 Å². The number of halogens is 1. The van der Waals surface area contributed by atoms with Crippen molar-refractivity contribution < 1.29 is 10.0 Å². The summed E-state index contributed by atoms with van der Waals surface area (Å²) in [5.74, 6) is -0.627. The lowest BCUT2D eigenvalue weighted by molar-refractivity contribution is -0.124. The predicted octanol–water partition coefficient (Wildman–Crippen LogP) is 2.11. The van der Waals surface area contributed by atoms with Gasteiger partial charge in [-0.3, -0.25) is 10.0 Å². The number of hydrogen-bond acceptors (Lipinski definition) is 6. The van der Waals surface area contributed by atoms with Gasteiger partial charge in [0.2, 0.25) is 0 Å². The van der Waals surface area contributed by atoms with E-state index < -0.39 is 5.91 Å². The molecule has 0 fully saturated rings. The van der Waals surface area contributed by atoms with E-state index in [4.69, 9.17) is 16.8 Å². The number of thiazole rings is 1. The molecule has 2 aromatic heterocycles. The van der Waals surface area contributed by atoms with Crippen LogP contribution in [0.2, 0.25) is 5.02 Å². The highest BCUT2D eigenvalue weighted by Crippen LogP contribution is 2.25. The molecule has 9 heteroatoms. The zero-order valence-electron chi connectivity index (χ0n) is 11.1. The predicted molar refractivity (Wildman–Crippen MR) is 82.7 cm³/mol. The van der Waals surface area contributed by atoms with Crippen molar-refractivity contribution in [3.05, 3.63) is 46.2 Å². The minimum atomic E-state index is -0.627. The van der Waals surface area contributed by atoms with E-state index in [1.807, 2.05) is 18.2 Å². The number of nitrogens with zero attached hydrogens (tertiary/aromatic N) is 4. The smallest absolute Gasteiger partial charge is 0.267 e. The van der Waals surface area contributed by atoms with Crippen LogP contribution in [0.25, 0.3) is 16.3 Å². The first-order valence-corrected chi connectivity index (χ1v) is 7.41. The molecular formula is C13H10ClN5O2S. The first-order chi connectivity index (χ1) is 10.6. The Morgan fingerprint density at radius 1 is 1.50 bits per heavy atom. The summed E-state index contributed by atoms with van der Waals surface area (Å²) in [6.07, 6.45) is 4.29. The molecule has 22 heavy (non-hydrogen) atoms. The van der Waals surface area contributed by atoms with Crippen LogP contribution in [0.5, 0.6) is 0 Å². The van der Waals surface area contributed by atoms with Gasteiger partial charge in [-0.15, -0.1) is 16.4 Å². The van der Waals surface area contributed by atoms with E-state index in [-0.39, 0.29) is 0 Å². The normalized spacial score (nSPS) is 11.4. The lowest BCUT2D eigenvalue weighted by Crippen LogP contribution is -2.14. The number of nitrogens with one attached hydrogen (secondary N) is 1. The third-order valence-electron chi connectivity index (χ3n) is 2.76. The molecule has 7 nitrogen and oxygen atoms in total. The quantitative estimate of drug-likeness (QED) is 0.433. The molecule has 0 radical (unpaired) electrons. The number of hydroxylamine groups is 1. The van der Waals surface area contributed by atoms with Crippen LogP contribution in [0.4, 0.5) is 0 Å². The van der Waals surface area contributed by atoms with E-state index in [0.717, 1.165) is 21.3 Å². The van der Waals surface area contributed by atoms with Gasteiger partial charge in [0.05, 0.1) is 23.0 Å². The number of hydrogen-bond donors (Lipinski definition) is 2. The summed E-state index contributed by atoms with van der Waals surface area (Å²) in [7, 11) is 0. The number of rotatable bonds is 4. The van der Waals surface area contributed by atoms with Crippen molar-refractivity contribution in [2.24, 2.45) is 0 Å². The molecule has 0 atom stereocenters. The number of amides is 1. The Hall–Kier alpha value is -2.29. The SMILES string of the molecule is O=C(/C=C/c1cn(Cc2nc3cc(Cl)ccc3s2)nn1)NO. The molecule has 3 aromatic rings. The van der Waals surface area contributed by atoms with Gasteiger partial charge in [-0.25, -0.2) is 15.1 Å². The highest BCUT2D eigenvalue weighted by atomic mass is 35.5. The highest BCUT2D eigenvalue weighted by molar-refractivity contribution is 7.18. The Labute approximate surface area is 133 Å². The Kier molecular flexibility index (Phi) is 4.14. The largest absolute Gasteiger partial charge is 0.288 e. The molecule has 0 unspecified atom stereocenters. The monoisotopic (exact) mass is 335 g/mol. The van der Waals surface area contributed by atoms with Crippen LogP contribution in [-0.4, -0.2) is 31.1 Å². The molecule has 0 aliphatic heterocycles. The van der Waals surface area contributed by atoms with Crippen LogP contribution < -0.4 is 5.48 Å². The minimum Gasteiger partial charge on any atom is -0.288 e. The zero-order chi connectivity index (χ0) is 15.5. The van der Waals surface area contributed by atoms with Crippen molar-refractivity contribution in [3.63, 3.8) is 0 Å². The van der Waals surface area contributed by atoms with Crippen LogP contribution in [0.15, 0.2) is 30.5 Å². The summed E-state index contributed by atoms with van der Waals surface area (Å²) >= 11 is 7.50. The van der Waals surface area contributed by atoms with Crippen LogP contribution >= 0.6 is 22.9 Å². The lowest BCUT2D eigenvalue weighted by atomic mass is 10.3. The number of carbonyl (C=O) groups is 1. The Morgan fingerprint density at radius 3 is 3.18 bits per heavy atom. The standard InChI is InChI=1S/C13H10ClN5O2S/c14-8-1-3-11-10(5-8)15-13(22-11)7-19-6-9(16-18-19)2-4-12(20)17-21/h1-6,21H,7H2,(H,17,20)/b4-2+. The zero-order valence-corrected chi connectivity index (χ0v) is 12.7. The summed E-state index contributed by atoms with van der Waals surface area (Å²) < 4.78 is 2.68. The minimum absolute atomic E-state index is 0.476. The van der Waals surface area contributed by atoms with Gasteiger partial charge in [0.15, 0.2) is 0 Å². The molecule has 0 saturated heterocycles. The van der Waals surface area contributed by atoms with Gasteiger partial charge in [0, 0.05) is 11.1 Å². The fourth-order valence-corrected chi connectivity index (χ4v) is 2.93. The molecule has 112 valence electrons. The van der Waals surface area contributed by atoms with Crippen molar-refractivity contribution in [3.8, 4) is 0 Å². The average Bonchev–Trinajstić information content (AvgIpc) is 3.10. The maximum atomic E-state index is 10.9. The summed E-state index contributed by atoms with van der Waals surface area (Å²) in [5, 5.41) is 17.8. The van der Waals surface area contributed by atoms with Gasteiger partial charge in [0.25, 0.3) is 5.91 Å². The first kappa shape index (κ1) is 14.6. The van der Waals surface area contributed by atoms with Gasteiger partial charge in [-0.05, 0) is 24.3 Å². The van der Waals surface area contributed by atoms with E-state index in [1.54, 1.807) is 22.2 Å². The van der Waals surface area contributed by atoms with Gasteiger partial charge >= 0.3 is 0 Å². The molecule has 1 amide bonds. The number of aromatic nitrogens is 4. The first-order valence-electron chi connectivity index (χ1n) is 6.21. The summed E-state index contributed by atoms with van der Waals surface area (Å²) in [6.45, 7) is 0.476. The van der Waals surface area contributed by atoms with Crippen LogP contribution in [0.3, 0.4) is 0 Å². The number of carbonyl (C=O) groups excluding carboxylic acids is 1. The van der Waals surface area contributed by atoms with E-state index in [1.165, 1.54) is 11.6 Å². The summed E-state index contributed by atoms with van der Waals surface area (Å²) in [4.78, 5) is 15.4. The molecule has 0 aliphatic carbocycles. The second-order valence-corrected chi connectivity index (χ2v) is 5.92. The summed E-state index contributed by atoms with van der Waals surface area (Å²) in [5.41, 5.74) is 2.86. The van der Waals surface area contributed by atoms with Crippen molar-refractivity contribution >= 4 is 45.1 Å². The van der Waals surface area contributed by atoms with Crippen molar-refractivity contribution in [1.82, 2.24) is 25.5 Å². The van der Waals surface area contributed by atoms with Crippen LogP contribution in [0, 0.1) is 0 Å². The average molecular weight is 336 g/mol. The van der Waals surface area contributed by atoms with Crippen molar-refractivity contribution in [1.29, 1.82) is 0 Å². The van der Waals surface area contributed by atoms with Crippen molar-refractivity contribution in [2.45, 2.75) is 6.54 Å². The topological polar surface area (TPSA) is 92.9 Å². The molecule has 0 bridgehead atoms. The molecule has 0 saturated carbocycles. The molecule has 2 heterocycles. The maximum absolute atomic E-state index is 10.9. The van der Waals surface area contributed by atoms with E-state index in [0.29, 0.717) is 17.3 Å². The van der Waals surface area contributed by atoms with Crippen molar-refractivity contribution in [2.75, 3.05) is 0 Å². The van der Waals surface area contributed by atoms with Gasteiger partial charge in [0.1, 0.15) is 10.7 Å². The van der Waals surface area contributed by atoms with Gasteiger partial charge in [-0.2, -0.15) is 0 Å². The second-order valence-electron chi connectivity index (χ2n) is 4.37. The number of fused-ring (bicyclic) bond motifs is 1. The summed E-state index contributed by atoms with van der Waals surface area (Å²) in [6, 6.07) is 5.58. The highest BCUT2D eigenvalue weighted by Gasteiger charge is 2.06. The number of benzene rings is 1. The van der Waals surface area contributed by atoms with Crippen LogP contribution in [0.1, 0.15) is 10.7 Å². The Morgan fingerprint density at radius 2 is 2.36 bits per heavy atom. The Balaban J connectivity index is 1.76. The fraction of sp³-hybridized carbons (Fsp3) is 0.0769. The molecule has 1 aromatic carbocycles. The fourth-order valence-electron chi connectivity index (χ4n) is 1.82. The molecule has 2 N–H and O–H groups in total. The van der Waals surface area contributed by atoms with Gasteiger partial charge in [-0.1, -0.05) is 16.8 Å². The second kappa shape index (κ2) is 6.22. The molecule has 3 rings (SSSR count). The Bertz CT molecular complexity index is 857. The van der Waals surface area contributed by atoms with Gasteiger partial charge < -0.3 is 0 Å². The van der Waals surface area contributed by atoms with E-state index >= 15 is 0 Å². The van der Waals surface area contributed by atoms with E-state index in [2.05, 4.69) is 15.3 Å². The maximum Gasteiger partial charge on any atom is 0.267 e. The third kappa shape index (κ3) is 3.30. The molecule has 0 spiro atoms.